The minimum absolute atomic E-state index is 0.574. The van der Waals surface area contributed by atoms with Gasteiger partial charge in [-0.25, -0.2) is 4.98 Å². The third kappa shape index (κ3) is 5.48. The van der Waals surface area contributed by atoms with E-state index in [1.807, 2.05) is 60.7 Å². The highest BCUT2D eigenvalue weighted by atomic mass is 15.2. The first kappa shape index (κ1) is 35.2. The van der Waals surface area contributed by atoms with Gasteiger partial charge in [0.05, 0.1) is 33.1 Å². The van der Waals surface area contributed by atoms with Crippen LogP contribution >= 0.6 is 0 Å². The molecule has 6 heteroatoms. The number of benzene rings is 9. The number of para-hydroxylation sites is 3. The van der Waals surface area contributed by atoms with Crippen molar-refractivity contribution in [1.82, 2.24) is 28.7 Å². The highest BCUT2D eigenvalue weighted by molar-refractivity contribution is 6.26. The summed E-state index contributed by atoms with van der Waals surface area (Å²) in [6.45, 7) is 0. The largest absolute Gasteiger partial charge is 0.309 e. The summed E-state index contributed by atoms with van der Waals surface area (Å²) in [5, 5.41) is 7.13. The lowest BCUT2D eigenvalue weighted by Gasteiger charge is -2.12. The Kier molecular flexibility index (Phi) is 7.80. The first-order valence-electron chi connectivity index (χ1n) is 21.3. The molecule has 6 nitrogen and oxygen atoms in total. The Morgan fingerprint density at radius 1 is 0.270 bits per heavy atom. The summed E-state index contributed by atoms with van der Waals surface area (Å²) in [5.74, 6) is 1.83. The highest BCUT2D eigenvalue weighted by Crippen LogP contribution is 2.43. The molecule has 4 aromatic heterocycles. The number of rotatable bonds is 6. The number of hydrogen-bond donors (Lipinski definition) is 0. The molecule has 0 saturated carbocycles. The first-order valence-corrected chi connectivity index (χ1v) is 21.3. The van der Waals surface area contributed by atoms with Gasteiger partial charge in [-0.1, -0.05) is 164 Å². The minimum atomic E-state index is 0.574. The van der Waals surface area contributed by atoms with Crippen molar-refractivity contribution in [3.05, 3.63) is 218 Å². The van der Waals surface area contributed by atoms with E-state index in [1.54, 1.807) is 0 Å². The van der Waals surface area contributed by atoms with Crippen LogP contribution in [0.2, 0.25) is 0 Å². The number of fused-ring (bicyclic) bond motifs is 10. The summed E-state index contributed by atoms with van der Waals surface area (Å²) in [4.78, 5) is 15.3. The van der Waals surface area contributed by atoms with Crippen molar-refractivity contribution in [1.29, 1.82) is 0 Å². The van der Waals surface area contributed by atoms with Gasteiger partial charge in [0.15, 0.2) is 11.6 Å². The van der Waals surface area contributed by atoms with E-state index in [4.69, 9.17) is 15.0 Å². The summed E-state index contributed by atoms with van der Waals surface area (Å²) in [7, 11) is 0. The second kappa shape index (κ2) is 14.0. The van der Waals surface area contributed by atoms with E-state index in [0.29, 0.717) is 17.6 Å². The van der Waals surface area contributed by atoms with Crippen molar-refractivity contribution in [2.75, 3.05) is 0 Å². The molecule has 9 aromatic carbocycles. The van der Waals surface area contributed by atoms with Crippen LogP contribution in [-0.4, -0.2) is 28.7 Å². The van der Waals surface area contributed by atoms with E-state index in [2.05, 4.69) is 171 Å². The van der Waals surface area contributed by atoms with Gasteiger partial charge in [0.25, 0.3) is 0 Å². The molecule has 0 amide bonds. The summed E-state index contributed by atoms with van der Waals surface area (Å²) in [5.41, 5.74) is 13.2. The Morgan fingerprint density at radius 3 is 1.43 bits per heavy atom. The van der Waals surface area contributed by atoms with Crippen LogP contribution < -0.4 is 0 Å². The molecule has 0 unspecified atom stereocenters. The maximum Gasteiger partial charge on any atom is 0.238 e. The Morgan fingerprint density at radius 2 is 0.762 bits per heavy atom. The average Bonchev–Trinajstić information content (AvgIpc) is 4.00. The zero-order valence-corrected chi connectivity index (χ0v) is 34.0. The first-order chi connectivity index (χ1) is 31.3. The van der Waals surface area contributed by atoms with Crippen molar-refractivity contribution >= 4 is 65.4 Å². The molecule has 294 valence electrons. The quantitative estimate of drug-likeness (QED) is 0.168. The van der Waals surface area contributed by atoms with Crippen LogP contribution in [0.1, 0.15) is 0 Å². The van der Waals surface area contributed by atoms with E-state index in [1.165, 1.54) is 43.7 Å². The summed E-state index contributed by atoms with van der Waals surface area (Å²) in [6.07, 6.45) is 0. The van der Waals surface area contributed by atoms with Gasteiger partial charge in [-0.05, 0) is 65.7 Å². The highest BCUT2D eigenvalue weighted by Gasteiger charge is 2.23. The van der Waals surface area contributed by atoms with Gasteiger partial charge in [0.1, 0.15) is 0 Å². The second-order valence-electron chi connectivity index (χ2n) is 16.0. The third-order valence-corrected chi connectivity index (χ3v) is 12.5. The van der Waals surface area contributed by atoms with E-state index in [0.717, 1.165) is 55.3 Å². The van der Waals surface area contributed by atoms with Crippen LogP contribution in [0.4, 0.5) is 0 Å². The van der Waals surface area contributed by atoms with Crippen LogP contribution in [0.5, 0.6) is 0 Å². The third-order valence-electron chi connectivity index (χ3n) is 12.5. The maximum atomic E-state index is 5.16. The molecule has 0 N–H and O–H groups in total. The molecule has 13 aromatic rings. The molecule has 0 aliphatic rings. The molecule has 0 aliphatic heterocycles. The van der Waals surface area contributed by atoms with Crippen molar-refractivity contribution in [3.8, 4) is 51.2 Å². The molecule has 63 heavy (non-hydrogen) atoms. The Balaban J connectivity index is 1.06. The van der Waals surface area contributed by atoms with Crippen molar-refractivity contribution in [2.45, 2.75) is 0 Å². The molecule has 0 saturated heterocycles. The molecule has 0 bridgehead atoms. The van der Waals surface area contributed by atoms with Gasteiger partial charge >= 0.3 is 0 Å². The van der Waals surface area contributed by atoms with Gasteiger partial charge in [0.2, 0.25) is 5.95 Å². The van der Waals surface area contributed by atoms with Crippen LogP contribution in [0.3, 0.4) is 0 Å². The van der Waals surface area contributed by atoms with E-state index in [9.17, 15) is 0 Å². The zero-order chi connectivity index (χ0) is 41.4. The number of nitrogens with zero attached hydrogens (tertiary/aromatic N) is 6. The smallest absolute Gasteiger partial charge is 0.238 e. The van der Waals surface area contributed by atoms with Crippen LogP contribution in [-0.2, 0) is 0 Å². The molecular formula is C57H36N6. The van der Waals surface area contributed by atoms with Gasteiger partial charge in [-0.15, -0.1) is 0 Å². The summed E-state index contributed by atoms with van der Waals surface area (Å²) in [6, 6.07) is 77.5. The van der Waals surface area contributed by atoms with Gasteiger partial charge in [0, 0.05) is 54.8 Å². The maximum absolute atomic E-state index is 5.16. The number of aromatic nitrogens is 6. The van der Waals surface area contributed by atoms with Gasteiger partial charge in [-0.2, -0.15) is 9.97 Å². The molecule has 0 aliphatic carbocycles. The normalized spacial score (nSPS) is 11.8. The number of hydrogen-bond acceptors (Lipinski definition) is 3. The van der Waals surface area contributed by atoms with E-state index < -0.39 is 0 Å². The Labute approximate surface area is 362 Å². The molecule has 0 spiro atoms. The van der Waals surface area contributed by atoms with E-state index in [-0.39, 0.29) is 0 Å². The molecule has 0 fully saturated rings. The lowest BCUT2D eigenvalue weighted by molar-refractivity contribution is 0.953. The molecule has 13 rings (SSSR count). The van der Waals surface area contributed by atoms with Crippen LogP contribution in [0.15, 0.2) is 218 Å². The summed E-state index contributed by atoms with van der Waals surface area (Å²) < 4.78 is 7.09. The average molecular weight is 805 g/mol. The lowest BCUT2D eigenvalue weighted by atomic mass is 10.0. The molecule has 0 radical (unpaired) electrons. The monoisotopic (exact) mass is 804 g/mol. The Hall–Kier alpha value is -8.61. The fourth-order valence-corrected chi connectivity index (χ4v) is 9.72. The van der Waals surface area contributed by atoms with Crippen molar-refractivity contribution < 1.29 is 0 Å². The minimum Gasteiger partial charge on any atom is -0.309 e. The lowest BCUT2D eigenvalue weighted by Crippen LogP contribution is -2.06. The van der Waals surface area contributed by atoms with Crippen molar-refractivity contribution in [3.63, 3.8) is 0 Å². The fourth-order valence-electron chi connectivity index (χ4n) is 9.72. The molecule has 0 atom stereocenters. The zero-order valence-electron chi connectivity index (χ0n) is 34.0. The Bertz CT molecular complexity index is 3840. The summed E-state index contributed by atoms with van der Waals surface area (Å²) >= 11 is 0. The predicted octanol–water partition coefficient (Wildman–Crippen LogP) is 14.2. The van der Waals surface area contributed by atoms with Crippen molar-refractivity contribution in [2.24, 2.45) is 0 Å². The molecule has 4 heterocycles. The fraction of sp³-hybridized carbons (Fsp3) is 0. The SMILES string of the molecule is c1ccc(-c2cccc(-n3c4ccccc4c4ccc5c(c6ccccc6n5-c5ccc6c(c5)c5ccccc5n6-c5nc(-c6ccccc6)nc(-c6ccccc6)n5)c43)c2)cc1. The van der Waals surface area contributed by atoms with E-state index >= 15 is 0 Å². The predicted molar refractivity (Wildman–Crippen MR) is 259 cm³/mol. The van der Waals surface area contributed by atoms with Crippen LogP contribution in [0.25, 0.3) is 117 Å². The topological polar surface area (TPSA) is 53.5 Å². The second-order valence-corrected chi connectivity index (χ2v) is 16.0. The standard InChI is InChI=1S/C57H36N6/c1-4-17-37(18-5-1)40-23-16-24-41(35-40)62-48-28-13-10-25-43(48)45-32-34-52-53(54(45)62)46-27-12-15-30-50(46)61(52)42-31-33-51-47(36-42)44-26-11-14-29-49(44)63(51)57-59-55(38-19-6-2-7-20-38)58-56(60-57)39-21-8-3-9-22-39/h1-36H. The van der Waals surface area contributed by atoms with Gasteiger partial charge in [-0.3, -0.25) is 4.57 Å². The van der Waals surface area contributed by atoms with Crippen LogP contribution in [0, 0.1) is 0 Å². The molecular weight excluding hydrogens is 769 g/mol. The van der Waals surface area contributed by atoms with Gasteiger partial charge < -0.3 is 9.13 Å².